The van der Waals surface area contributed by atoms with E-state index in [1.165, 1.54) is 12.1 Å². The fourth-order valence-electron chi connectivity index (χ4n) is 3.60. The summed E-state index contributed by atoms with van der Waals surface area (Å²) in [5, 5.41) is 3.76. The Hall–Kier alpha value is -2.96. The van der Waals surface area contributed by atoms with Gasteiger partial charge in [0.25, 0.3) is 17.7 Å². The van der Waals surface area contributed by atoms with Crippen LogP contribution in [-0.2, 0) is 0 Å². The van der Waals surface area contributed by atoms with Gasteiger partial charge in [0, 0.05) is 24.7 Å². The summed E-state index contributed by atoms with van der Waals surface area (Å²) >= 11 is 0. The van der Waals surface area contributed by atoms with Gasteiger partial charge >= 0.3 is 0 Å². The first-order valence-electron chi connectivity index (χ1n) is 8.71. The van der Waals surface area contributed by atoms with Gasteiger partial charge in [-0.05, 0) is 43.9 Å². The second-order valence-corrected chi connectivity index (χ2v) is 7.00. The monoisotopic (exact) mass is 353 g/mol. The van der Waals surface area contributed by atoms with Gasteiger partial charge in [0.15, 0.2) is 5.82 Å². The Morgan fingerprint density at radius 2 is 1.96 bits per heavy atom. The van der Waals surface area contributed by atoms with Crippen molar-refractivity contribution in [2.24, 2.45) is 5.92 Å². The topological polar surface area (TPSA) is 83.7 Å². The lowest BCUT2D eigenvalue weighted by Gasteiger charge is -2.31. The SMILES string of the molecule is Cc1cc(N2C(=O)c3ccc(C(=O)N4CCC[C@@H](C)C4)cc3C2=O)no1. The van der Waals surface area contributed by atoms with E-state index in [4.69, 9.17) is 4.52 Å². The van der Waals surface area contributed by atoms with Crippen LogP contribution in [0.4, 0.5) is 5.82 Å². The third-order valence-electron chi connectivity index (χ3n) is 4.92. The molecule has 0 radical (unpaired) electrons. The Labute approximate surface area is 150 Å². The molecule has 0 saturated carbocycles. The molecule has 1 atom stereocenters. The Morgan fingerprint density at radius 3 is 2.65 bits per heavy atom. The molecular formula is C19H19N3O4. The quantitative estimate of drug-likeness (QED) is 0.775. The van der Waals surface area contributed by atoms with Crippen LogP contribution in [0.1, 0.15) is 56.6 Å². The molecule has 2 aromatic rings. The predicted octanol–water partition coefficient (Wildman–Crippen LogP) is 2.66. The van der Waals surface area contributed by atoms with Crippen LogP contribution < -0.4 is 4.90 Å². The molecule has 3 heterocycles. The fourth-order valence-corrected chi connectivity index (χ4v) is 3.60. The lowest BCUT2D eigenvalue weighted by Crippen LogP contribution is -2.39. The van der Waals surface area contributed by atoms with Crippen LogP contribution in [0.15, 0.2) is 28.8 Å². The third-order valence-corrected chi connectivity index (χ3v) is 4.92. The molecule has 3 amide bonds. The molecule has 0 N–H and O–H groups in total. The lowest BCUT2D eigenvalue weighted by atomic mass is 9.98. The zero-order valence-electron chi connectivity index (χ0n) is 14.7. The van der Waals surface area contributed by atoms with Crippen molar-refractivity contribution in [3.63, 3.8) is 0 Å². The van der Waals surface area contributed by atoms with Crippen LogP contribution in [0, 0.1) is 12.8 Å². The van der Waals surface area contributed by atoms with Gasteiger partial charge in [0.1, 0.15) is 5.76 Å². The molecule has 1 saturated heterocycles. The van der Waals surface area contributed by atoms with Gasteiger partial charge in [-0.3, -0.25) is 14.4 Å². The molecule has 1 aromatic carbocycles. The van der Waals surface area contributed by atoms with Crippen LogP contribution in [0.3, 0.4) is 0 Å². The molecule has 26 heavy (non-hydrogen) atoms. The molecule has 1 aromatic heterocycles. The number of carbonyl (C=O) groups is 3. The summed E-state index contributed by atoms with van der Waals surface area (Å²) in [7, 11) is 0. The van der Waals surface area contributed by atoms with Crippen molar-refractivity contribution < 1.29 is 18.9 Å². The Morgan fingerprint density at radius 1 is 1.19 bits per heavy atom. The van der Waals surface area contributed by atoms with Crippen LogP contribution in [0.5, 0.6) is 0 Å². The molecule has 0 bridgehead atoms. The van der Waals surface area contributed by atoms with Crippen LogP contribution in [0.2, 0.25) is 0 Å². The molecule has 134 valence electrons. The van der Waals surface area contributed by atoms with Crippen molar-refractivity contribution >= 4 is 23.5 Å². The summed E-state index contributed by atoms with van der Waals surface area (Å²) in [5.41, 5.74) is 0.933. The minimum atomic E-state index is -0.486. The third kappa shape index (κ3) is 2.60. The minimum absolute atomic E-state index is 0.102. The Kier molecular flexibility index (Phi) is 3.86. The van der Waals surface area contributed by atoms with Crippen molar-refractivity contribution in [1.29, 1.82) is 0 Å². The second-order valence-electron chi connectivity index (χ2n) is 7.00. The van der Waals surface area contributed by atoms with Gasteiger partial charge in [0.2, 0.25) is 0 Å². The largest absolute Gasteiger partial charge is 0.360 e. The standard InChI is InChI=1S/C19H19N3O4/c1-11-4-3-7-21(10-11)17(23)13-5-6-14-15(9-13)19(25)22(18(14)24)16-8-12(2)26-20-16/h5-6,8-9,11H,3-4,7,10H2,1-2H3/t11-/m1/s1. The van der Waals surface area contributed by atoms with E-state index in [2.05, 4.69) is 12.1 Å². The number of fused-ring (bicyclic) bond motifs is 1. The van der Waals surface area contributed by atoms with E-state index >= 15 is 0 Å². The van der Waals surface area contributed by atoms with Crippen molar-refractivity contribution in [3.05, 3.63) is 46.7 Å². The van der Waals surface area contributed by atoms with E-state index in [1.54, 1.807) is 19.1 Å². The van der Waals surface area contributed by atoms with E-state index in [9.17, 15) is 14.4 Å². The number of likely N-dealkylation sites (tertiary alicyclic amines) is 1. The molecule has 0 aliphatic carbocycles. The average molecular weight is 353 g/mol. The molecule has 7 heteroatoms. The zero-order chi connectivity index (χ0) is 18.4. The van der Waals surface area contributed by atoms with Gasteiger partial charge < -0.3 is 9.42 Å². The van der Waals surface area contributed by atoms with E-state index in [1.807, 2.05) is 4.90 Å². The number of nitrogens with zero attached hydrogens (tertiary/aromatic N) is 3. The summed E-state index contributed by atoms with van der Waals surface area (Å²) in [6, 6.07) is 6.21. The van der Waals surface area contributed by atoms with E-state index in [-0.39, 0.29) is 22.9 Å². The summed E-state index contributed by atoms with van der Waals surface area (Å²) in [5.74, 6) is 0.0912. The number of carbonyl (C=O) groups excluding carboxylic acids is 3. The maximum atomic E-state index is 12.8. The molecule has 7 nitrogen and oxygen atoms in total. The van der Waals surface area contributed by atoms with Gasteiger partial charge in [0.05, 0.1) is 11.1 Å². The second kappa shape index (κ2) is 6.09. The van der Waals surface area contributed by atoms with Gasteiger partial charge in [-0.25, -0.2) is 4.90 Å². The summed E-state index contributed by atoms with van der Waals surface area (Å²) in [6.45, 7) is 5.25. The Bertz CT molecular complexity index is 917. The average Bonchev–Trinajstić information content (AvgIpc) is 3.15. The summed E-state index contributed by atoms with van der Waals surface area (Å²) in [4.78, 5) is 40.9. The van der Waals surface area contributed by atoms with Gasteiger partial charge in [-0.1, -0.05) is 12.1 Å². The molecule has 1 fully saturated rings. The molecular weight excluding hydrogens is 334 g/mol. The number of hydrogen-bond acceptors (Lipinski definition) is 5. The van der Waals surface area contributed by atoms with Crippen molar-refractivity contribution in [3.8, 4) is 0 Å². The van der Waals surface area contributed by atoms with Crippen molar-refractivity contribution in [2.45, 2.75) is 26.7 Å². The summed E-state index contributed by atoms with van der Waals surface area (Å²) in [6.07, 6.45) is 2.10. The predicted molar refractivity (Wildman–Crippen MR) is 93.1 cm³/mol. The van der Waals surface area contributed by atoms with Gasteiger partial charge in [-0.15, -0.1) is 0 Å². The molecule has 2 aliphatic rings. The number of anilines is 1. The molecule has 0 unspecified atom stereocenters. The number of amides is 3. The number of aromatic nitrogens is 1. The fraction of sp³-hybridized carbons (Fsp3) is 0.368. The highest BCUT2D eigenvalue weighted by Crippen LogP contribution is 2.29. The summed E-state index contributed by atoms with van der Waals surface area (Å²) < 4.78 is 4.97. The highest BCUT2D eigenvalue weighted by Gasteiger charge is 2.39. The number of rotatable bonds is 2. The first-order valence-corrected chi connectivity index (χ1v) is 8.71. The van der Waals surface area contributed by atoms with E-state index in [0.29, 0.717) is 23.8 Å². The molecule has 0 spiro atoms. The normalized spacial score (nSPS) is 19.8. The van der Waals surface area contributed by atoms with Gasteiger partial charge in [-0.2, -0.15) is 0 Å². The van der Waals surface area contributed by atoms with Crippen LogP contribution in [0.25, 0.3) is 0 Å². The number of imide groups is 1. The molecule has 4 rings (SSSR count). The number of hydrogen-bond donors (Lipinski definition) is 0. The number of piperidine rings is 1. The smallest absolute Gasteiger partial charge is 0.267 e. The highest BCUT2D eigenvalue weighted by molar-refractivity contribution is 6.34. The molecule has 2 aliphatic heterocycles. The first kappa shape index (κ1) is 16.5. The van der Waals surface area contributed by atoms with E-state index < -0.39 is 11.8 Å². The Balaban J connectivity index is 1.64. The maximum Gasteiger partial charge on any atom is 0.267 e. The number of benzene rings is 1. The van der Waals surface area contributed by atoms with Crippen LogP contribution >= 0.6 is 0 Å². The van der Waals surface area contributed by atoms with Crippen LogP contribution in [-0.4, -0.2) is 40.9 Å². The zero-order valence-corrected chi connectivity index (χ0v) is 14.7. The van der Waals surface area contributed by atoms with Crippen molar-refractivity contribution in [1.82, 2.24) is 10.1 Å². The highest BCUT2D eigenvalue weighted by atomic mass is 16.5. The van der Waals surface area contributed by atoms with Crippen molar-refractivity contribution in [2.75, 3.05) is 18.0 Å². The number of aryl methyl sites for hydroxylation is 1. The minimum Gasteiger partial charge on any atom is -0.360 e. The lowest BCUT2D eigenvalue weighted by molar-refractivity contribution is 0.0682. The maximum absolute atomic E-state index is 12.8. The van der Waals surface area contributed by atoms with E-state index in [0.717, 1.165) is 24.3 Å². The first-order chi connectivity index (χ1) is 12.5.